The third-order valence-electron chi connectivity index (χ3n) is 4.62. The third-order valence-corrected chi connectivity index (χ3v) is 4.62. The van der Waals surface area contributed by atoms with E-state index in [1.807, 2.05) is 0 Å². The minimum absolute atomic E-state index is 0.521. The Bertz CT molecular complexity index is 239. The first kappa shape index (κ1) is 17.0. The fourth-order valence-corrected chi connectivity index (χ4v) is 3.69. The molecular weight excluding hydrogens is 232 g/mol. The molecule has 0 bridgehead atoms. The number of hydrogen-bond acceptors (Lipinski definition) is 2. The van der Waals surface area contributed by atoms with Crippen molar-refractivity contribution in [3.05, 3.63) is 0 Å². The number of nitrogens with one attached hydrogen (secondary N) is 1. The molecule has 114 valence electrons. The maximum Gasteiger partial charge on any atom is 0.00501 e. The van der Waals surface area contributed by atoms with E-state index in [0.29, 0.717) is 11.5 Å². The molecule has 0 heterocycles. The standard InChI is InChI=1S/C17H36N2/c1-6-11-19(7-2)14-17(13-18-15(3)4)10-8-9-16(5)12-17/h15-16,18H,6-14H2,1-5H3. The molecule has 2 heteroatoms. The number of rotatable bonds is 8. The van der Waals surface area contributed by atoms with Gasteiger partial charge in [-0.25, -0.2) is 0 Å². The smallest absolute Gasteiger partial charge is 0.00501 e. The molecule has 2 nitrogen and oxygen atoms in total. The average Bonchev–Trinajstić information content (AvgIpc) is 2.36. The molecule has 1 N–H and O–H groups in total. The van der Waals surface area contributed by atoms with Crippen molar-refractivity contribution in [1.29, 1.82) is 0 Å². The summed E-state index contributed by atoms with van der Waals surface area (Å²) in [5.74, 6) is 0.906. The van der Waals surface area contributed by atoms with Gasteiger partial charge in [0.1, 0.15) is 0 Å². The van der Waals surface area contributed by atoms with Gasteiger partial charge < -0.3 is 10.2 Å². The Labute approximate surface area is 121 Å². The minimum atomic E-state index is 0.521. The molecule has 1 aliphatic rings. The maximum absolute atomic E-state index is 3.72. The average molecular weight is 268 g/mol. The zero-order valence-electron chi connectivity index (χ0n) is 14.0. The van der Waals surface area contributed by atoms with E-state index in [9.17, 15) is 0 Å². The molecule has 0 amide bonds. The Morgan fingerprint density at radius 1 is 1.32 bits per heavy atom. The molecule has 0 aromatic heterocycles. The maximum atomic E-state index is 3.72. The zero-order chi connectivity index (χ0) is 14.3. The van der Waals surface area contributed by atoms with Crippen LogP contribution in [0.4, 0.5) is 0 Å². The van der Waals surface area contributed by atoms with Crippen LogP contribution in [-0.2, 0) is 0 Å². The Morgan fingerprint density at radius 3 is 2.58 bits per heavy atom. The van der Waals surface area contributed by atoms with Gasteiger partial charge in [-0.2, -0.15) is 0 Å². The van der Waals surface area contributed by atoms with E-state index in [1.165, 1.54) is 58.3 Å². The molecule has 0 aromatic rings. The van der Waals surface area contributed by atoms with E-state index >= 15 is 0 Å². The zero-order valence-corrected chi connectivity index (χ0v) is 14.0. The second-order valence-electron chi connectivity index (χ2n) is 7.11. The van der Waals surface area contributed by atoms with Crippen molar-refractivity contribution >= 4 is 0 Å². The van der Waals surface area contributed by atoms with Crippen LogP contribution in [0.1, 0.15) is 66.7 Å². The summed E-state index contributed by atoms with van der Waals surface area (Å²) in [7, 11) is 0. The lowest BCUT2D eigenvalue weighted by Gasteiger charge is -2.44. The molecule has 0 spiro atoms. The minimum Gasteiger partial charge on any atom is -0.314 e. The summed E-state index contributed by atoms with van der Waals surface area (Å²) in [5, 5.41) is 3.72. The van der Waals surface area contributed by atoms with Crippen LogP contribution in [0.25, 0.3) is 0 Å². The van der Waals surface area contributed by atoms with Crippen LogP contribution in [-0.4, -0.2) is 37.1 Å². The topological polar surface area (TPSA) is 15.3 Å². The lowest BCUT2D eigenvalue weighted by Crippen LogP contribution is -2.48. The Morgan fingerprint density at radius 2 is 2.05 bits per heavy atom. The van der Waals surface area contributed by atoms with Gasteiger partial charge in [0.15, 0.2) is 0 Å². The Balaban J connectivity index is 2.66. The van der Waals surface area contributed by atoms with Crippen molar-refractivity contribution in [3.8, 4) is 0 Å². The predicted octanol–water partition coefficient (Wildman–Crippen LogP) is 3.91. The molecule has 1 aliphatic carbocycles. The molecule has 19 heavy (non-hydrogen) atoms. The van der Waals surface area contributed by atoms with Crippen molar-refractivity contribution < 1.29 is 0 Å². The first-order chi connectivity index (χ1) is 9.01. The second-order valence-corrected chi connectivity index (χ2v) is 7.11. The van der Waals surface area contributed by atoms with Gasteiger partial charge in [0.2, 0.25) is 0 Å². The van der Waals surface area contributed by atoms with E-state index in [0.717, 1.165) is 5.92 Å². The molecule has 0 saturated heterocycles. The predicted molar refractivity (Wildman–Crippen MR) is 85.6 cm³/mol. The van der Waals surface area contributed by atoms with Gasteiger partial charge in [-0.05, 0) is 43.7 Å². The molecule has 1 rings (SSSR count). The highest BCUT2D eigenvalue weighted by Crippen LogP contribution is 2.39. The summed E-state index contributed by atoms with van der Waals surface area (Å²) in [6.45, 7) is 16.5. The molecule has 2 unspecified atom stereocenters. The Hall–Kier alpha value is -0.0800. The van der Waals surface area contributed by atoms with E-state index in [2.05, 4.69) is 44.8 Å². The molecule has 2 atom stereocenters. The largest absolute Gasteiger partial charge is 0.314 e. The molecular formula is C17H36N2. The van der Waals surface area contributed by atoms with Crippen molar-refractivity contribution in [2.75, 3.05) is 26.2 Å². The van der Waals surface area contributed by atoms with Crippen molar-refractivity contribution in [1.82, 2.24) is 10.2 Å². The fourth-order valence-electron chi connectivity index (χ4n) is 3.69. The summed E-state index contributed by atoms with van der Waals surface area (Å²) in [6, 6.07) is 0.607. The summed E-state index contributed by atoms with van der Waals surface area (Å²) >= 11 is 0. The van der Waals surface area contributed by atoms with Gasteiger partial charge in [0.05, 0.1) is 0 Å². The molecule has 1 saturated carbocycles. The van der Waals surface area contributed by atoms with Crippen LogP contribution in [0, 0.1) is 11.3 Å². The quantitative estimate of drug-likeness (QED) is 0.718. The first-order valence-corrected chi connectivity index (χ1v) is 8.47. The lowest BCUT2D eigenvalue weighted by molar-refractivity contribution is 0.0804. The van der Waals surface area contributed by atoms with Crippen LogP contribution >= 0.6 is 0 Å². The van der Waals surface area contributed by atoms with Gasteiger partial charge in [0.25, 0.3) is 0 Å². The second kappa shape index (κ2) is 8.26. The van der Waals surface area contributed by atoms with Crippen LogP contribution in [0.15, 0.2) is 0 Å². The van der Waals surface area contributed by atoms with Crippen molar-refractivity contribution in [2.24, 2.45) is 11.3 Å². The van der Waals surface area contributed by atoms with Gasteiger partial charge in [-0.3, -0.25) is 0 Å². The van der Waals surface area contributed by atoms with E-state index in [1.54, 1.807) is 0 Å². The highest BCUT2D eigenvalue weighted by molar-refractivity contribution is 4.90. The summed E-state index contributed by atoms with van der Waals surface area (Å²) in [6.07, 6.45) is 6.95. The first-order valence-electron chi connectivity index (χ1n) is 8.47. The molecule has 1 fully saturated rings. The van der Waals surface area contributed by atoms with Crippen LogP contribution < -0.4 is 5.32 Å². The van der Waals surface area contributed by atoms with Crippen LogP contribution in [0.5, 0.6) is 0 Å². The highest BCUT2D eigenvalue weighted by atomic mass is 15.1. The van der Waals surface area contributed by atoms with Gasteiger partial charge >= 0.3 is 0 Å². The number of hydrogen-bond donors (Lipinski definition) is 1. The van der Waals surface area contributed by atoms with E-state index in [-0.39, 0.29) is 0 Å². The third kappa shape index (κ3) is 5.83. The van der Waals surface area contributed by atoms with E-state index < -0.39 is 0 Å². The highest BCUT2D eigenvalue weighted by Gasteiger charge is 2.35. The van der Waals surface area contributed by atoms with Crippen LogP contribution in [0.2, 0.25) is 0 Å². The molecule has 0 radical (unpaired) electrons. The fraction of sp³-hybridized carbons (Fsp3) is 1.00. The summed E-state index contributed by atoms with van der Waals surface area (Å²) < 4.78 is 0. The van der Waals surface area contributed by atoms with Crippen molar-refractivity contribution in [3.63, 3.8) is 0 Å². The van der Waals surface area contributed by atoms with Gasteiger partial charge in [-0.1, -0.05) is 47.5 Å². The van der Waals surface area contributed by atoms with E-state index in [4.69, 9.17) is 0 Å². The van der Waals surface area contributed by atoms with Crippen molar-refractivity contribution in [2.45, 2.75) is 72.8 Å². The SMILES string of the molecule is CCCN(CC)CC1(CNC(C)C)CCCC(C)C1. The number of nitrogens with zero attached hydrogens (tertiary/aromatic N) is 1. The van der Waals surface area contributed by atoms with Gasteiger partial charge in [-0.15, -0.1) is 0 Å². The molecule has 0 aliphatic heterocycles. The van der Waals surface area contributed by atoms with Crippen LogP contribution in [0.3, 0.4) is 0 Å². The summed E-state index contributed by atoms with van der Waals surface area (Å²) in [5.41, 5.74) is 0.521. The molecule has 0 aromatic carbocycles. The summed E-state index contributed by atoms with van der Waals surface area (Å²) in [4.78, 5) is 2.67. The van der Waals surface area contributed by atoms with Gasteiger partial charge in [0, 0.05) is 19.1 Å². The normalized spacial score (nSPS) is 28.3. The lowest BCUT2D eigenvalue weighted by atomic mass is 9.69. The monoisotopic (exact) mass is 268 g/mol. The Kier molecular flexibility index (Phi) is 7.38.